The number of hydrogen-bond donors (Lipinski definition) is 1. The summed E-state index contributed by atoms with van der Waals surface area (Å²) in [6.07, 6.45) is 4.72. The number of nitrogens with one attached hydrogen (secondary N) is 1. The minimum atomic E-state index is -0.374. The van der Waals surface area contributed by atoms with Gasteiger partial charge in [-0.05, 0) is 65.5 Å². The Bertz CT molecular complexity index is 306. The molecule has 1 N–H and O–H groups in total. The van der Waals surface area contributed by atoms with Crippen LogP contribution >= 0.6 is 0 Å². The number of hydrogen-bond acceptors (Lipinski definition) is 3. The average molecular weight is 265 g/mol. The third kappa shape index (κ3) is 5.12. The van der Waals surface area contributed by atoms with E-state index >= 15 is 0 Å². The van der Waals surface area contributed by atoms with Crippen molar-refractivity contribution in [2.45, 2.75) is 77.9 Å². The molecule has 19 heavy (non-hydrogen) atoms. The standard InChI is InChI=1S/C16H31N3/c1-13(2)15-8-6-10-19(15)11-7-9-16(5,12-17)18-14(3)4/h13-15,18H,6-11H2,1-5H3. The Labute approximate surface area is 119 Å². The molecule has 0 aromatic heterocycles. The summed E-state index contributed by atoms with van der Waals surface area (Å²) in [5.74, 6) is 0.749. The molecule has 1 aliphatic heterocycles. The van der Waals surface area contributed by atoms with Gasteiger partial charge in [0.25, 0.3) is 0 Å². The van der Waals surface area contributed by atoms with Crippen LogP contribution < -0.4 is 5.32 Å². The van der Waals surface area contributed by atoms with Crippen molar-refractivity contribution < 1.29 is 0 Å². The smallest absolute Gasteiger partial charge is 0.104 e. The first-order valence-corrected chi connectivity index (χ1v) is 7.81. The maximum absolute atomic E-state index is 9.34. The lowest BCUT2D eigenvalue weighted by atomic mass is 9.96. The van der Waals surface area contributed by atoms with Crippen molar-refractivity contribution in [2.75, 3.05) is 13.1 Å². The van der Waals surface area contributed by atoms with Crippen LogP contribution in [-0.2, 0) is 0 Å². The molecular weight excluding hydrogens is 234 g/mol. The van der Waals surface area contributed by atoms with E-state index in [1.807, 2.05) is 6.92 Å². The molecule has 3 heteroatoms. The van der Waals surface area contributed by atoms with E-state index < -0.39 is 0 Å². The summed E-state index contributed by atoms with van der Waals surface area (Å²) < 4.78 is 0. The topological polar surface area (TPSA) is 39.1 Å². The quantitative estimate of drug-likeness (QED) is 0.768. The number of rotatable bonds is 7. The molecule has 1 fully saturated rings. The van der Waals surface area contributed by atoms with Crippen LogP contribution in [0.5, 0.6) is 0 Å². The van der Waals surface area contributed by atoms with Gasteiger partial charge in [-0.2, -0.15) is 5.26 Å². The van der Waals surface area contributed by atoms with Gasteiger partial charge in [0.05, 0.1) is 6.07 Å². The molecule has 0 aromatic carbocycles. The van der Waals surface area contributed by atoms with Crippen molar-refractivity contribution in [3.8, 4) is 6.07 Å². The van der Waals surface area contributed by atoms with E-state index in [-0.39, 0.29) is 5.54 Å². The first-order valence-electron chi connectivity index (χ1n) is 7.81. The summed E-state index contributed by atoms with van der Waals surface area (Å²) in [6, 6.07) is 3.56. The Hall–Kier alpha value is -0.590. The molecule has 0 spiro atoms. The zero-order chi connectivity index (χ0) is 14.5. The monoisotopic (exact) mass is 265 g/mol. The zero-order valence-electron chi connectivity index (χ0n) is 13.4. The Morgan fingerprint density at radius 3 is 2.58 bits per heavy atom. The Balaban J connectivity index is 2.38. The molecule has 0 bridgehead atoms. The molecule has 3 nitrogen and oxygen atoms in total. The molecule has 0 aromatic rings. The highest BCUT2D eigenvalue weighted by molar-refractivity contribution is 5.04. The van der Waals surface area contributed by atoms with Gasteiger partial charge in [-0.15, -0.1) is 0 Å². The second-order valence-corrected chi connectivity index (χ2v) is 6.84. The van der Waals surface area contributed by atoms with Crippen LogP contribution in [0, 0.1) is 17.2 Å². The van der Waals surface area contributed by atoms with Crippen molar-refractivity contribution in [1.82, 2.24) is 10.2 Å². The molecule has 1 saturated heterocycles. The first kappa shape index (κ1) is 16.5. The third-order valence-corrected chi connectivity index (χ3v) is 4.16. The molecular formula is C16H31N3. The highest BCUT2D eigenvalue weighted by Crippen LogP contribution is 2.24. The van der Waals surface area contributed by atoms with E-state index in [0.29, 0.717) is 6.04 Å². The van der Waals surface area contributed by atoms with E-state index in [1.165, 1.54) is 19.4 Å². The van der Waals surface area contributed by atoms with E-state index in [1.54, 1.807) is 0 Å². The fourth-order valence-corrected chi connectivity index (χ4v) is 3.32. The van der Waals surface area contributed by atoms with Crippen molar-refractivity contribution in [3.05, 3.63) is 0 Å². The van der Waals surface area contributed by atoms with Crippen LogP contribution in [0.3, 0.4) is 0 Å². The van der Waals surface area contributed by atoms with E-state index in [4.69, 9.17) is 0 Å². The third-order valence-electron chi connectivity index (χ3n) is 4.16. The fraction of sp³-hybridized carbons (Fsp3) is 0.938. The van der Waals surface area contributed by atoms with Crippen LogP contribution in [0.4, 0.5) is 0 Å². The minimum absolute atomic E-state index is 0.361. The average Bonchev–Trinajstić information content (AvgIpc) is 2.76. The predicted molar refractivity (Wildman–Crippen MR) is 81.0 cm³/mol. The van der Waals surface area contributed by atoms with Crippen molar-refractivity contribution in [1.29, 1.82) is 5.26 Å². The molecule has 0 aliphatic carbocycles. The summed E-state index contributed by atoms with van der Waals surface area (Å²) in [5, 5.41) is 12.7. The fourth-order valence-electron chi connectivity index (χ4n) is 3.32. The van der Waals surface area contributed by atoms with Gasteiger partial charge in [-0.25, -0.2) is 0 Å². The predicted octanol–water partition coefficient (Wildman–Crippen LogP) is 3.17. The summed E-state index contributed by atoms with van der Waals surface area (Å²) in [4.78, 5) is 2.62. The van der Waals surface area contributed by atoms with Crippen LogP contribution in [0.25, 0.3) is 0 Å². The zero-order valence-corrected chi connectivity index (χ0v) is 13.4. The van der Waals surface area contributed by atoms with Crippen molar-refractivity contribution in [2.24, 2.45) is 5.92 Å². The van der Waals surface area contributed by atoms with E-state index in [2.05, 4.69) is 44.0 Å². The molecule has 110 valence electrons. The molecule has 0 saturated carbocycles. The highest BCUT2D eigenvalue weighted by Gasteiger charge is 2.28. The molecule has 0 amide bonds. The van der Waals surface area contributed by atoms with Crippen LogP contribution in [0.1, 0.15) is 60.3 Å². The molecule has 2 unspecified atom stereocenters. The SMILES string of the molecule is CC(C)NC(C)(C#N)CCCN1CCCC1C(C)C. The minimum Gasteiger partial charge on any atom is -0.300 e. The Morgan fingerprint density at radius 2 is 2.05 bits per heavy atom. The van der Waals surface area contributed by atoms with Gasteiger partial charge in [-0.3, -0.25) is 5.32 Å². The van der Waals surface area contributed by atoms with E-state index in [9.17, 15) is 5.26 Å². The normalized spacial score (nSPS) is 23.8. The first-order chi connectivity index (χ1) is 8.88. The van der Waals surface area contributed by atoms with Crippen LogP contribution in [0.15, 0.2) is 0 Å². The van der Waals surface area contributed by atoms with Crippen molar-refractivity contribution in [3.63, 3.8) is 0 Å². The summed E-state index contributed by atoms with van der Waals surface area (Å²) in [5.41, 5.74) is -0.374. The van der Waals surface area contributed by atoms with Crippen LogP contribution in [-0.4, -0.2) is 35.6 Å². The largest absolute Gasteiger partial charge is 0.300 e. The Kier molecular flexibility index (Phi) is 6.29. The van der Waals surface area contributed by atoms with Gasteiger partial charge in [-0.1, -0.05) is 13.8 Å². The van der Waals surface area contributed by atoms with E-state index in [0.717, 1.165) is 31.3 Å². The molecule has 2 atom stereocenters. The number of likely N-dealkylation sites (tertiary alicyclic amines) is 1. The second kappa shape index (κ2) is 7.26. The van der Waals surface area contributed by atoms with Gasteiger partial charge in [0, 0.05) is 12.1 Å². The number of nitriles is 1. The molecule has 1 rings (SSSR count). The van der Waals surface area contributed by atoms with Gasteiger partial charge in [0.2, 0.25) is 0 Å². The summed E-state index contributed by atoms with van der Waals surface area (Å²) in [7, 11) is 0. The second-order valence-electron chi connectivity index (χ2n) is 6.84. The molecule has 1 heterocycles. The molecule has 1 aliphatic rings. The van der Waals surface area contributed by atoms with Crippen molar-refractivity contribution >= 4 is 0 Å². The van der Waals surface area contributed by atoms with Gasteiger partial charge in [0.1, 0.15) is 5.54 Å². The molecule has 0 radical (unpaired) electrons. The maximum atomic E-state index is 9.34. The lowest BCUT2D eigenvalue weighted by Gasteiger charge is -2.30. The van der Waals surface area contributed by atoms with Gasteiger partial charge in [0.15, 0.2) is 0 Å². The maximum Gasteiger partial charge on any atom is 0.104 e. The Morgan fingerprint density at radius 1 is 1.37 bits per heavy atom. The number of nitrogens with zero attached hydrogens (tertiary/aromatic N) is 2. The highest BCUT2D eigenvalue weighted by atomic mass is 15.2. The van der Waals surface area contributed by atoms with Crippen LogP contribution in [0.2, 0.25) is 0 Å². The van der Waals surface area contributed by atoms with Gasteiger partial charge >= 0.3 is 0 Å². The summed E-state index contributed by atoms with van der Waals surface area (Å²) in [6.45, 7) is 13.3. The van der Waals surface area contributed by atoms with Gasteiger partial charge < -0.3 is 4.90 Å². The summed E-state index contributed by atoms with van der Waals surface area (Å²) >= 11 is 0. The lowest BCUT2D eigenvalue weighted by molar-refractivity contribution is 0.197. The lowest BCUT2D eigenvalue weighted by Crippen LogP contribution is -2.45.